The zero-order valence-electron chi connectivity index (χ0n) is 7.94. The number of rotatable bonds is 3. The normalized spacial score (nSPS) is 9.79. The molecule has 0 bridgehead atoms. The number of hydrogen-bond donors (Lipinski definition) is 1. The zero-order chi connectivity index (χ0) is 10.1. The van der Waals surface area contributed by atoms with E-state index in [0.717, 1.165) is 12.0 Å². The van der Waals surface area contributed by atoms with Crippen LogP contribution in [0.4, 0.5) is 0 Å². The van der Waals surface area contributed by atoms with Crippen molar-refractivity contribution in [1.82, 2.24) is 0 Å². The third-order valence-corrected chi connectivity index (χ3v) is 1.59. The lowest BCUT2D eigenvalue weighted by molar-refractivity contribution is 0.168. The predicted octanol–water partition coefficient (Wildman–Crippen LogP) is 1.87. The van der Waals surface area contributed by atoms with Crippen LogP contribution in [-0.2, 0) is 4.84 Å². The molecule has 0 saturated heterocycles. The van der Waals surface area contributed by atoms with E-state index in [1.807, 2.05) is 42.5 Å². The third-order valence-electron chi connectivity index (χ3n) is 1.59. The molecule has 1 rings (SSSR count). The number of benzene rings is 1. The fourth-order valence-corrected chi connectivity index (χ4v) is 0.940. The van der Waals surface area contributed by atoms with Gasteiger partial charge in [0, 0.05) is 12.0 Å². The van der Waals surface area contributed by atoms with Crippen LogP contribution in [0.3, 0.4) is 0 Å². The first-order valence-electron chi connectivity index (χ1n) is 4.44. The van der Waals surface area contributed by atoms with Gasteiger partial charge in [0.05, 0.1) is 6.61 Å². The SMILES string of the molecule is NOC/C=C/CC#Cc1ccccc1. The van der Waals surface area contributed by atoms with Crippen LogP contribution >= 0.6 is 0 Å². The van der Waals surface area contributed by atoms with Crippen molar-refractivity contribution in [2.24, 2.45) is 5.90 Å². The molecule has 0 spiro atoms. The summed E-state index contributed by atoms with van der Waals surface area (Å²) in [5.74, 6) is 10.9. The summed E-state index contributed by atoms with van der Waals surface area (Å²) in [6, 6.07) is 9.90. The summed E-state index contributed by atoms with van der Waals surface area (Å²) in [5, 5.41) is 0. The molecule has 0 fully saturated rings. The minimum Gasteiger partial charge on any atom is -0.300 e. The van der Waals surface area contributed by atoms with E-state index in [2.05, 4.69) is 16.7 Å². The van der Waals surface area contributed by atoms with Crippen LogP contribution in [0.1, 0.15) is 12.0 Å². The van der Waals surface area contributed by atoms with E-state index in [-0.39, 0.29) is 0 Å². The molecule has 72 valence electrons. The van der Waals surface area contributed by atoms with Crippen molar-refractivity contribution >= 4 is 0 Å². The largest absolute Gasteiger partial charge is 0.300 e. The Bertz CT molecular complexity index is 332. The molecule has 2 heteroatoms. The molecule has 0 aliphatic heterocycles. The van der Waals surface area contributed by atoms with Gasteiger partial charge >= 0.3 is 0 Å². The van der Waals surface area contributed by atoms with Crippen LogP contribution in [0.5, 0.6) is 0 Å². The van der Waals surface area contributed by atoms with Gasteiger partial charge in [-0.1, -0.05) is 42.2 Å². The number of hydrogen-bond acceptors (Lipinski definition) is 2. The molecular weight excluding hydrogens is 174 g/mol. The summed E-state index contributed by atoms with van der Waals surface area (Å²) in [6.07, 6.45) is 4.50. The van der Waals surface area contributed by atoms with Gasteiger partial charge in [-0.05, 0) is 12.1 Å². The molecule has 0 atom stereocenters. The van der Waals surface area contributed by atoms with Gasteiger partial charge in [0.25, 0.3) is 0 Å². The summed E-state index contributed by atoms with van der Waals surface area (Å²) >= 11 is 0. The van der Waals surface area contributed by atoms with Crippen LogP contribution in [0, 0.1) is 11.8 Å². The van der Waals surface area contributed by atoms with Crippen molar-refractivity contribution in [3.63, 3.8) is 0 Å². The van der Waals surface area contributed by atoms with Gasteiger partial charge in [0.1, 0.15) is 0 Å². The monoisotopic (exact) mass is 187 g/mol. The maximum Gasteiger partial charge on any atom is 0.0861 e. The highest BCUT2D eigenvalue weighted by Gasteiger charge is 1.79. The molecule has 2 N–H and O–H groups in total. The molecule has 0 amide bonds. The van der Waals surface area contributed by atoms with Crippen LogP contribution in [-0.4, -0.2) is 6.61 Å². The Morgan fingerprint density at radius 2 is 2.00 bits per heavy atom. The Kier molecular flexibility index (Phi) is 5.19. The molecule has 0 aromatic heterocycles. The average Bonchev–Trinajstić information content (AvgIpc) is 2.25. The molecule has 2 nitrogen and oxygen atoms in total. The van der Waals surface area contributed by atoms with Crippen LogP contribution < -0.4 is 5.90 Å². The number of allylic oxidation sites excluding steroid dienone is 1. The van der Waals surface area contributed by atoms with Crippen molar-refractivity contribution in [2.45, 2.75) is 6.42 Å². The maximum absolute atomic E-state index is 4.85. The topological polar surface area (TPSA) is 35.2 Å². The molecule has 0 saturated carbocycles. The van der Waals surface area contributed by atoms with Gasteiger partial charge in [-0.2, -0.15) is 0 Å². The van der Waals surface area contributed by atoms with Gasteiger partial charge in [0.2, 0.25) is 0 Å². The number of nitrogens with two attached hydrogens (primary N) is 1. The Morgan fingerprint density at radius 3 is 2.71 bits per heavy atom. The van der Waals surface area contributed by atoms with Crippen molar-refractivity contribution in [2.75, 3.05) is 6.61 Å². The first-order chi connectivity index (χ1) is 6.93. The lowest BCUT2D eigenvalue weighted by Crippen LogP contribution is -1.96. The lowest BCUT2D eigenvalue weighted by Gasteiger charge is -1.86. The average molecular weight is 187 g/mol. The van der Waals surface area contributed by atoms with E-state index in [9.17, 15) is 0 Å². The van der Waals surface area contributed by atoms with Gasteiger partial charge in [0.15, 0.2) is 0 Å². The van der Waals surface area contributed by atoms with E-state index in [0.29, 0.717) is 6.61 Å². The van der Waals surface area contributed by atoms with E-state index in [4.69, 9.17) is 5.90 Å². The zero-order valence-corrected chi connectivity index (χ0v) is 7.94. The summed E-state index contributed by atoms with van der Waals surface area (Å²) in [6.45, 7) is 0.438. The molecule has 1 aromatic rings. The second kappa shape index (κ2) is 6.90. The standard InChI is InChI=1S/C12H13NO/c13-14-11-7-2-1-4-8-12-9-5-3-6-10-12/h2-3,5-7,9-10H,1,11,13H2/b7-2+. The molecular formula is C12H13NO. The van der Waals surface area contributed by atoms with Gasteiger partial charge in [-0.3, -0.25) is 0 Å². The molecule has 0 unspecified atom stereocenters. The maximum atomic E-state index is 4.85. The lowest BCUT2D eigenvalue weighted by atomic mass is 10.2. The molecule has 0 radical (unpaired) electrons. The fourth-order valence-electron chi connectivity index (χ4n) is 0.940. The minimum atomic E-state index is 0.438. The van der Waals surface area contributed by atoms with E-state index in [1.165, 1.54) is 0 Å². The summed E-state index contributed by atoms with van der Waals surface area (Å²) < 4.78 is 0. The second-order valence-corrected chi connectivity index (χ2v) is 2.68. The molecule has 0 aliphatic carbocycles. The second-order valence-electron chi connectivity index (χ2n) is 2.68. The smallest absolute Gasteiger partial charge is 0.0861 e. The highest BCUT2D eigenvalue weighted by atomic mass is 16.6. The van der Waals surface area contributed by atoms with Crippen molar-refractivity contribution < 1.29 is 4.84 Å². The predicted molar refractivity (Wildman–Crippen MR) is 57.2 cm³/mol. The molecule has 14 heavy (non-hydrogen) atoms. The summed E-state index contributed by atoms with van der Waals surface area (Å²) in [4.78, 5) is 4.37. The van der Waals surface area contributed by atoms with Crippen molar-refractivity contribution in [1.29, 1.82) is 0 Å². The van der Waals surface area contributed by atoms with E-state index >= 15 is 0 Å². The Labute approximate surface area is 84.3 Å². The summed E-state index contributed by atoms with van der Waals surface area (Å²) in [7, 11) is 0. The Balaban J connectivity index is 2.34. The van der Waals surface area contributed by atoms with E-state index in [1.54, 1.807) is 0 Å². The first-order valence-corrected chi connectivity index (χ1v) is 4.44. The molecule has 1 aromatic carbocycles. The Hall–Kier alpha value is -1.56. The highest BCUT2D eigenvalue weighted by Crippen LogP contribution is 1.95. The van der Waals surface area contributed by atoms with Gasteiger partial charge in [-0.25, -0.2) is 5.90 Å². The van der Waals surface area contributed by atoms with E-state index < -0.39 is 0 Å². The van der Waals surface area contributed by atoms with Crippen molar-refractivity contribution in [3.8, 4) is 11.8 Å². The fraction of sp³-hybridized carbons (Fsp3) is 0.167. The van der Waals surface area contributed by atoms with Crippen LogP contribution in [0.2, 0.25) is 0 Å². The summed E-state index contributed by atoms with van der Waals surface area (Å²) in [5.41, 5.74) is 1.04. The van der Waals surface area contributed by atoms with Gasteiger partial charge in [-0.15, -0.1) is 0 Å². The van der Waals surface area contributed by atoms with Crippen LogP contribution in [0.25, 0.3) is 0 Å². The van der Waals surface area contributed by atoms with Crippen LogP contribution in [0.15, 0.2) is 42.5 Å². The van der Waals surface area contributed by atoms with Gasteiger partial charge < -0.3 is 4.84 Å². The van der Waals surface area contributed by atoms with Crippen molar-refractivity contribution in [3.05, 3.63) is 48.0 Å². The molecule has 0 heterocycles. The quantitative estimate of drug-likeness (QED) is 0.445. The molecule has 0 aliphatic rings. The third kappa shape index (κ3) is 4.46. The minimum absolute atomic E-state index is 0.438. The first kappa shape index (κ1) is 10.5. The highest BCUT2D eigenvalue weighted by molar-refractivity contribution is 5.33. The Morgan fingerprint density at radius 1 is 1.21 bits per heavy atom.